The average molecular weight is 1250 g/mol. The molecule has 7 aromatic rings. The minimum atomic E-state index is -0.0764. The normalized spacial score (nSPS) is 9.99. The summed E-state index contributed by atoms with van der Waals surface area (Å²) in [4.78, 5) is 8.37. The van der Waals surface area contributed by atoms with Gasteiger partial charge in [0, 0.05) is 46.5 Å². The van der Waals surface area contributed by atoms with Crippen molar-refractivity contribution in [3.8, 4) is 68.9 Å². The fourth-order valence-electron chi connectivity index (χ4n) is 8.52. The Labute approximate surface area is 523 Å². The molecule has 2 aromatic heterocycles. The molecule has 2 radical (unpaired) electrons. The van der Waals surface area contributed by atoms with E-state index in [9.17, 15) is 25.5 Å². The molecule has 2 heterocycles. The van der Waals surface area contributed by atoms with Gasteiger partial charge in [-0.05, 0) is 140 Å². The molecule has 0 aliphatic heterocycles. The second-order valence-electron chi connectivity index (χ2n) is 20.6. The molecule has 470 valence electrons. The molecule has 5 aromatic carbocycles. The number of unbranched alkanes of at least 4 members (excludes halogenated alkanes) is 21. The molecular formula is C70H98Cu2N2O10. The van der Waals surface area contributed by atoms with Crippen LogP contribution in [0.4, 0.5) is 0 Å². The van der Waals surface area contributed by atoms with Crippen molar-refractivity contribution in [3.05, 3.63) is 169 Å². The summed E-state index contributed by atoms with van der Waals surface area (Å²) in [6.45, 7) is 6.70. The van der Waals surface area contributed by atoms with Crippen LogP contribution in [0.15, 0.2) is 152 Å². The summed E-state index contributed by atoms with van der Waals surface area (Å²) in [5.74, 6) is -0.432. The van der Waals surface area contributed by atoms with Crippen molar-refractivity contribution < 1.29 is 85.2 Å². The maximum absolute atomic E-state index is 9.41. The Hall–Kier alpha value is -6.56. The van der Waals surface area contributed by atoms with Gasteiger partial charge in [-0.1, -0.05) is 210 Å². The van der Waals surface area contributed by atoms with Crippen LogP contribution in [0.1, 0.15) is 192 Å². The van der Waals surface area contributed by atoms with Crippen LogP contribution in [0.2, 0.25) is 0 Å². The van der Waals surface area contributed by atoms with Gasteiger partial charge in [0.25, 0.3) is 0 Å². The molecule has 0 aliphatic carbocycles. The summed E-state index contributed by atoms with van der Waals surface area (Å²) in [7, 11) is 0. The van der Waals surface area contributed by atoms with Gasteiger partial charge in [-0.2, -0.15) is 0 Å². The number of hydrogen-bond donors (Lipinski definition) is 10. The Balaban J connectivity index is 0.00000101. The average Bonchev–Trinajstić information content (AvgIpc) is 3.51. The molecule has 84 heavy (non-hydrogen) atoms. The van der Waals surface area contributed by atoms with Gasteiger partial charge < -0.3 is 51.1 Å². The molecule has 14 heteroatoms. The molecule has 0 bridgehead atoms. The predicted molar refractivity (Wildman–Crippen MR) is 335 cm³/mol. The first-order chi connectivity index (χ1) is 39.8. The Bertz CT molecular complexity index is 2470. The van der Waals surface area contributed by atoms with Crippen LogP contribution in [-0.2, 0) is 53.4 Å². The second-order valence-corrected chi connectivity index (χ2v) is 20.6. The van der Waals surface area contributed by atoms with Gasteiger partial charge in [0.1, 0.15) is 0 Å². The van der Waals surface area contributed by atoms with Gasteiger partial charge in [0.15, 0.2) is 57.5 Å². The number of phenolic OH excluding ortho intramolecular Hbond substituents is 10. The Kier molecular flexibility index (Phi) is 46.9. The third kappa shape index (κ3) is 38.3. The van der Waals surface area contributed by atoms with E-state index in [-0.39, 0.29) is 91.6 Å². The molecule has 0 atom stereocenters. The Morgan fingerprint density at radius 3 is 0.667 bits per heavy atom. The minimum Gasteiger partial charge on any atom is -0.504 e. The zero-order valence-corrected chi connectivity index (χ0v) is 51.9. The van der Waals surface area contributed by atoms with Crippen LogP contribution in [0.5, 0.6) is 57.5 Å². The van der Waals surface area contributed by atoms with E-state index in [1.165, 1.54) is 172 Å². The first-order valence-electron chi connectivity index (χ1n) is 30.1. The van der Waals surface area contributed by atoms with Crippen molar-refractivity contribution in [2.45, 2.75) is 194 Å². The van der Waals surface area contributed by atoms with E-state index in [0.717, 1.165) is 53.8 Å². The number of para-hydroxylation sites is 4. The molecule has 12 nitrogen and oxygen atoms in total. The van der Waals surface area contributed by atoms with Crippen molar-refractivity contribution in [1.82, 2.24) is 9.97 Å². The second kappa shape index (κ2) is 50.9. The van der Waals surface area contributed by atoms with E-state index in [1.807, 2.05) is 54.6 Å². The molecule has 0 spiro atoms. The number of phenols is 10. The molecule has 0 saturated heterocycles. The smallest absolute Gasteiger partial charge is 0.157 e. The number of benzene rings is 5. The van der Waals surface area contributed by atoms with Crippen LogP contribution < -0.4 is 0 Å². The quantitative estimate of drug-likeness (QED) is 0.0126. The number of hydrogen-bond acceptors (Lipinski definition) is 12. The van der Waals surface area contributed by atoms with Crippen molar-refractivity contribution >= 4 is 0 Å². The third-order valence-corrected chi connectivity index (χ3v) is 13.4. The molecule has 0 saturated carbocycles. The summed E-state index contributed by atoms with van der Waals surface area (Å²) in [5.41, 5.74) is 5.15. The summed E-state index contributed by atoms with van der Waals surface area (Å²) in [6.07, 6.45) is 38.2. The maximum atomic E-state index is 9.41. The number of pyridine rings is 2. The van der Waals surface area contributed by atoms with Gasteiger partial charge in [0.2, 0.25) is 0 Å². The van der Waals surface area contributed by atoms with Crippen LogP contribution in [0.3, 0.4) is 0 Å². The number of aromatic hydroxyl groups is 10. The number of nitrogens with zero attached hydrogens (tertiary/aromatic N) is 2. The van der Waals surface area contributed by atoms with Gasteiger partial charge in [0.05, 0.1) is 11.4 Å². The van der Waals surface area contributed by atoms with Gasteiger partial charge >= 0.3 is 0 Å². The zero-order valence-electron chi connectivity index (χ0n) is 50.0. The molecule has 0 amide bonds. The number of aryl methyl sites for hydroxylation is 3. The summed E-state index contributed by atoms with van der Waals surface area (Å²) in [6, 6.07) is 39.2. The van der Waals surface area contributed by atoms with E-state index < -0.39 is 0 Å². The first kappa shape index (κ1) is 77.4. The Morgan fingerprint density at radius 1 is 0.238 bits per heavy atom. The molecule has 0 aliphatic rings. The topological polar surface area (TPSA) is 228 Å². The third-order valence-electron chi connectivity index (χ3n) is 13.4. The molecule has 0 fully saturated rings. The predicted octanol–water partition coefficient (Wildman–Crippen LogP) is 18.7. The molecular weight excluding hydrogens is 1160 g/mol. The van der Waals surface area contributed by atoms with Crippen LogP contribution >= 0.6 is 0 Å². The van der Waals surface area contributed by atoms with Gasteiger partial charge in [-0.3, -0.25) is 9.97 Å². The van der Waals surface area contributed by atoms with Crippen LogP contribution in [-0.4, -0.2) is 61.0 Å². The van der Waals surface area contributed by atoms with Gasteiger partial charge in [-0.15, -0.1) is 0 Å². The van der Waals surface area contributed by atoms with E-state index in [2.05, 4.69) is 30.7 Å². The summed E-state index contributed by atoms with van der Waals surface area (Å²) >= 11 is 0. The van der Waals surface area contributed by atoms with Gasteiger partial charge in [-0.25, -0.2) is 0 Å². The van der Waals surface area contributed by atoms with E-state index in [4.69, 9.17) is 25.5 Å². The van der Waals surface area contributed by atoms with E-state index in [0.29, 0.717) is 0 Å². The van der Waals surface area contributed by atoms with Crippen molar-refractivity contribution in [3.63, 3.8) is 0 Å². The largest absolute Gasteiger partial charge is 0.504 e. The standard InChI is InChI=1S/2C18H30O2.C12H18O2.C10H8N2.2C6H6O2.2Cu/c2*1-2-3-4-5-6-7-8-9-10-11-12-16-13-14-17(19)18(20)15-16;1-2-3-4-5-6-10-7-8-11(13)12(14)9-10;1-3-7-11-9(5-1)10-6-2-4-8-12-10;2*7-5-3-1-2-4-6(5)8;;/h2*13-15,19-20H,2-12H2,1H3;7-9,13-14H,2-6H2,1H3;1-8H;2*1-4,7-8H;;. The molecule has 7 rings (SSSR count). The number of aromatic nitrogens is 2. The fraction of sp³-hybridized carbons (Fsp3) is 0.429. The maximum Gasteiger partial charge on any atom is 0.157 e. The van der Waals surface area contributed by atoms with E-state index >= 15 is 0 Å². The Morgan fingerprint density at radius 2 is 0.452 bits per heavy atom. The molecule has 0 unspecified atom stereocenters. The van der Waals surface area contributed by atoms with Crippen molar-refractivity contribution in [2.24, 2.45) is 0 Å². The fourth-order valence-corrected chi connectivity index (χ4v) is 8.52. The summed E-state index contributed by atoms with van der Waals surface area (Å²) in [5, 5.41) is 90.3. The first-order valence-corrected chi connectivity index (χ1v) is 30.1. The van der Waals surface area contributed by atoms with E-state index in [1.54, 1.807) is 73.1 Å². The van der Waals surface area contributed by atoms with Crippen LogP contribution in [0.25, 0.3) is 11.4 Å². The summed E-state index contributed by atoms with van der Waals surface area (Å²) < 4.78 is 0. The molecule has 10 N–H and O–H groups in total. The zero-order chi connectivity index (χ0) is 59.8. The van der Waals surface area contributed by atoms with Crippen molar-refractivity contribution in [1.29, 1.82) is 0 Å². The number of rotatable bonds is 28. The van der Waals surface area contributed by atoms with Crippen molar-refractivity contribution in [2.75, 3.05) is 0 Å². The minimum absolute atomic E-state index is 0. The monoisotopic (exact) mass is 1250 g/mol. The van der Waals surface area contributed by atoms with Crippen LogP contribution in [0, 0.1) is 0 Å². The SMILES string of the molecule is CCCCCCCCCCCCc1ccc(O)c(O)c1.CCCCCCCCCCCCc1ccc(O)c(O)c1.CCCCCCc1ccc(O)c(O)c1.Oc1ccccc1O.Oc1ccccc1O.[Cu].[Cu].c1ccc(-c2ccccn2)nc1.